The molecule has 23 heavy (non-hydrogen) atoms. The fourth-order valence-electron chi connectivity index (χ4n) is 3.41. The summed E-state index contributed by atoms with van der Waals surface area (Å²) in [5.74, 6) is -0.00210. The first-order chi connectivity index (χ1) is 11.1. The first-order valence-electron chi connectivity index (χ1n) is 7.74. The average molecular weight is 317 g/mol. The minimum Gasteiger partial charge on any atom is -0.384 e. The van der Waals surface area contributed by atoms with E-state index in [0.717, 1.165) is 12.0 Å². The number of oxime groups is 1. The summed E-state index contributed by atoms with van der Waals surface area (Å²) in [7, 11) is 0. The molecule has 2 unspecified atom stereocenters. The van der Waals surface area contributed by atoms with Crippen molar-refractivity contribution < 1.29 is 14.6 Å². The zero-order valence-electron chi connectivity index (χ0n) is 12.8. The topological polar surface area (TPSA) is 93.8 Å². The SMILES string of the molecule is CC1=NOC(C[C@H](c2ccccc2)[C@@H]2CCC(=O)N2)C1[N+](=O)[O-]. The van der Waals surface area contributed by atoms with E-state index in [1.807, 2.05) is 30.3 Å². The van der Waals surface area contributed by atoms with E-state index in [1.54, 1.807) is 6.92 Å². The number of carbonyl (C=O) groups excluding carboxylic acids is 1. The zero-order chi connectivity index (χ0) is 16.4. The minimum absolute atomic E-state index is 0.0261. The molecule has 2 heterocycles. The summed E-state index contributed by atoms with van der Waals surface area (Å²) in [6.45, 7) is 1.61. The van der Waals surface area contributed by atoms with Crippen LogP contribution in [-0.2, 0) is 9.63 Å². The van der Waals surface area contributed by atoms with Crippen molar-refractivity contribution in [1.82, 2.24) is 5.32 Å². The van der Waals surface area contributed by atoms with Gasteiger partial charge in [-0.3, -0.25) is 14.9 Å². The molecule has 1 aromatic rings. The van der Waals surface area contributed by atoms with Crippen molar-refractivity contribution in [1.29, 1.82) is 0 Å². The lowest BCUT2D eigenvalue weighted by Gasteiger charge is -2.26. The monoisotopic (exact) mass is 317 g/mol. The summed E-state index contributed by atoms with van der Waals surface area (Å²) >= 11 is 0. The van der Waals surface area contributed by atoms with Crippen LogP contribution in [-0.4, -0.2) is 34.7 Å². The van der Waals surface area contributed by atoms with Crippen LogP contribution >= 0.6 is 0 Å². The summed E-state index contributed by atoms with van der Waals surface area (Å²) in [4.78, 5) is 27.8. The number of nitro groups is 1. The second-order valence-electron chi connectivity index (χ2n) is 6.07. The molecule has 122 valence electrons. The Balaban J connectivity index is 1.82. The molecule has 0 bridgehead atoms. The highest BCUT2D eigenvalue weighted by molar-refractivity contribution is 5.87. The second kappa shape index (κ2) is 6.36. The van der Waals surface area contributed by atoms with E-state index >= 15 is 0 Å². The molecule has 1 saturated heterocycles. The second-order valence-corrected chi connectivity index (χ2v) is 6.07. The highest BCUT2D eigenvalue weighted by atomic mass is 16.7. The van der Waals surface area contributed by atoms with Crippen LogP contribution in [0.1, 0.15) is 37.7 Å². The van der Waals surface area contributed by atoms with Crippen LogP contribution in [0.2, 0.25) is 0 Å². The Morgan fingerprint density at radius 3 is 2.78 bits per heavy atom. The number of rotatable bonds is 5. The average Bonchev–Trinajstić information content (AvgIpc) is 3.11. The molecule has 1 aromatic carbocycles. The third-order valence-electron chi connectivity index (χ3n) is 4.57. The molecule has 2 aliphatic rings. The lowest BCUT2D eigenvalue weighted by Crippen LogP contribution is -2.40. The van der Waals surface area contributed by atoms with Crippen molar-refractivity contribution in [3.63, 3.8) is 0 Å². The zero-order valence-corrected chi connectivity index (χ0v) is 12.8. The minimum atomic E-state index is -0.918. The van der Waals surface area contributed by atoms with E-state index in [4.69, 9.17) is 4.84 Å². The molecule has 0 radical (unpaired) electrons. The van der Waals surface area contributed by atoms with Crippen molar-refractivity contribution in [3.8, 4) is 0 Å². The molecule has 2 aliphatic heterocycles. The third-order valence-corrected chi connectivity index (χ3v) is 4.57. The molecule has 0 saturated carbocycles. The van der Waals surface area contributed by atoms with Gasteiger partial charge in [0.15, 0.2) is 0 Å². The van der Waals surface area contributed by atoms with Crippen LogP contribution in [0.5, 0.6) is 0 Å². The Hall–Kier alpha value is -2.44. The van der Waals surface area contributed by atoms with Gasteiger partial charge in [-0.25, -0.2) is 0 Å². The van der Waals surface area contributed by atoms with Crippen molar-refractivity contribution in [2.75, 3.05) is 0 Å². The van der Waals surface area contributed by atoms with Gasteiger partial charge < -0.3 is 10.2 Å². The fraction of sp³-hybridized carbons (Fsp3) is 0.500. The largest absolute Gasteiger partial charge is 0.384 e. The molecular weight excluding hydrogens is 298 g/mol. The highest BCUT2D eigenvalue weighted by Crippen LogP contribution is 2.33. The normalized spacial score (nSPS) is 28.0. The quantitative estimate of drug-likeness (QED) is 0.662. The first kappa shape index (κ1) is 15.5. The summed E-state index contributed by atoms with van der Waals surface area (Å²) < 4.78 is 0. The standard InChI is InChI=1S/C16H19N3O4/c1-10-16(19(21)22)14(23-18-10)9-12(11-5-3-2-4-6-11)13-7-8-15(20)17-13/h2-6,12-14,16H,7-9H2,1H3,(H,17,20)/t12-,13+,14?,16?/m1/s1. The fourth-order valence-corrected chi connectivity index (χ4v) is 3.41. The van der Waals surface area contributed by atoms with Gasteiger partial charge in [-0.05, 0) is 18.9 Å². The van der Waals surface area contributed by atoms with Crippen LogP contribution in [0.3, 0.4) is 0 Å². The summed E-state index contributed by atoms with van der Waals surface area (Å²) in [6.07, 6.45) is 1.07. The van der Waals surface area contributed by atoms with Crippen molar-refractivity contribution in [2.45, 2.75) is 50.3 Å². The Bertz CT molecular complexity index is 631. The van der Waals surface area contributed by atoms with Gasteiger partial charge in [0.05, 0.1) is 0 Å². The van der Waals surface area contributed by atoms with Crippen LogP contribution in [0.25, 0.3) is 0 Å². The lowest BCUT2D eigenvalue weighted by atomic mass is 9.84. The Kier molecular flexibility index (Phi) is 4.27. The molecule has 1 amide bonds. The number of hydrogen-bond acceptors (Lipinski definition) is 5. The third kappa shape index (κ3) is 3.18. The molecule has 7 heteroatoms. The number of nitrogens with zero attached hydrogens (tertiary/aromatic N) is 2. The lowest BCUT2D eigenvalue weighted by molar-refractivity contribution is -0.512. The van der Waals surface area contributed by atoms with E-state index < -0.39 is 12.1 Å². The predicted molar refractivity (Wildman–Crippen MR) is 83.7 cm³/mol. The van der Waals surface area contributed by atoms with Gasteiger partial charge in [-0.1, -0.05) is 35.5 Å². The summed E-state index contributed by atoms with van der Waals surface area (Å²) in [5, 5.41) is 18.1. The molecule has 3 rings (SSSR count). The molecular formula is C16H19N3O4. The van der Waals surface area contributed by atoms with Gasteiger partial charge in [0.2, 0.25) is 12.0 Å². The predicted octanol–water partition coefficient (Wildman–Crippen LogP) is 1.86. The van der Waals surface area contributed by atoms with Crippen molar-refractivity contribution in [2.24, 2.45) is 5.16 Å². The molecule has 1 N–H and O–H groups in total. The first-order valence-corrected chi connectivity index (χ1v) is 7.74. The van der Waals surface area contributed by atoms with Gasteiger partial charge in [0, 0.05) is 29.7 Å². The Labute approximate surface area is 133 Å². The van der Waals surface area contributed by atoms with Gasteiger partial charge >= 0.3 is 0 Å². The van der Waals surface area contributed by atoms with E-state index in [9.17, 15) is 14.9 Å². The maximum absolute atomic E-state index is 11.6. The number of benzene rings is 1. The number of hydrogen-bond donors (Lipinski definition) is 1. The molecule has 4 atom stereocenters. The molecule has 1 fully saturated rings. The van der Waals surface area contributed by atoms with E-state index in [0.29, 0.717) is 18.6 Å². The maximum Gasteiger partial charge on any atom is 0.292 e. The maximum atomic E-state index is 11.6. The number of nitrogens with one attached hydrogen (secondary N) is 1. The smallest absolute Gasteiger partial charge is 0.292 e. The highest BCUT2D eigenvalue weighted by Gasteiger charge is 2.44. The summed E-state index contributed by atoms with van der Waals surface area (Å²) in [5.41, 5.74) is 1.44. The Morgan fingerprint density at radius 2 is 2.17 bits per heavy atom. The van der Waals surface area contributed by atoms with Crippen molar-refractivity contribution in [3.05, 3.63) is 46.0 Å². The molecule has 0 aliphatic carbocycles. The van der Waals surface area contributed by atoms with Crippen LogP contribution in [0, 0.1) is 10.1 Å². The van der Waals surface area contributed by atoms with Gasteiger partial charge in [-0.2, -0.15) is 0 Å². The van der Waals surface area contributed by atoms with E-state index in [2.05, 4.69) is 10.5 Å². The van der Waals surface area contributed by atoms with E-state index in [-0.39, 0.29) is 22.8 Å². The van der Waals surface area contributed by atoms with Crippen LogP contribution in [0.4, 0.5) is 0 Å². The molecule has 7 nitrogen and oxygen atoms in total. The summed E-state index contributed by atoms with van der Waals surface area (Å²) in [6, 6.07) is 8.81. The number of carbonyl (C=O) groups is 1. The molecule has 0 aromatic heterocycles. The molecule has 0 spiro atoms. The van der Waals surface area contributed by atoms with Crippen LogP contribution < -0.4 is 5.32 Å². The van der Waals surface area contributed by atoms with Gasteiger partial charge in [-0.15, -0.1) is 0 Å². The Morgan fingerprint density at radius 1 is 1.43 bits per heavy atom. The van der Waals surface area contributed by atoms with Gasteiger partial charge in [0.1, 0.15) is 5.71 Å². The van der Waals surface area contributed by atoms with Crippen molar-refractivity contribution >= 4 is 11.6 Å². The van der Waals surface area contributed by atoms with Gasteiger partial charge in [0.25, 0.3) is 6.04 Å². The van der Waals surface area contributed by atoms with E-state index in [1.165, 1.54) is 0 Å². The van der Waals surface area contributed by atoms with Crippen LogP contribution in [0.15, 0.2) is 35.5 Å². The number of amides is 1.